The molecule has 0 spiro atoms. The molecule has 1 amide bonds. The van der Waals surface area contributed by atoms with E-state index in [-0.39, 0.29) is 11.9 Å². The van der Waals surface area contributed by atoms with Crippen molar-refractivity contribution in [1.29, 1.82) is 0 Å². The Morgan fingerprint density at radius 2 is 2.04 bits per heavy atom. The first-order chi connectivity index (χ1) is 11.8. The zero-order chi connectivity index (χ0) is 16.1. The fraction of sp³-hybridized carbons (Fsp3) is 0.579. The van der Waals surface area contributed by atoms with E-state index in [1.165, 1.54) is 32.4 Å². The SMILES string of the molecule is O=C(N[C@@H]1CN2CCC1CC2)c1cccc2oc(C3CCC3)nc12. The van der Waals surface area contributed by atoms with Gasteiger partial charge in [-0.25, -0.2) is 4.98 Å². The van der Waals surface area contributed by atoms with E-state index in [1.807, 2.05) is 18.2 Å². The number of benzene rings is 1. The second-order valence-corrected chi connectivity index (χ2v) is 7.55. The van der Waals surface area contributed by atoms with Crippen molar-refractivity contribution in [3.05, 3.63) is 29.7 Å². The van der Waals surface area contributed by atoms with Gasteiger partial charge in [-0.1, -0.05) is 12.5 Å². The van der Waals surface area contributed by atoms with Crippen molar-refractivity contribution >= 4 is 17.0 Å². The van der Waals surface area contributed by atoms with Gasteiger partial charge in [0.25, 0.3) is 5.91 Å². The molecule has 0 unspecified atom stereocenters. The van der Waals surface area contributed by atoms with Gasteiger partial charge in [-0.3, -0.25) is 4.79 Å². The van der Waals surface area contributed by atoms with E-state index in [2.05, 4.69) is 15.2 Å². The Labute approximate surface area is 141 Å². The van der Waals surface area contributed by atoms with E-state index < -0.39 is 0 Å². The average Bonchev–Trinajstić information content (AvgIpc) is 2.97. The first kappa shape index (κ1) is 14.5. The third kappa shape index (κ3) is 2.34. The first-order valence-corrected chi connectivity index (χ1v) is 9.20. The molecule has 1 aromatic heterocycles. The molecule has 6 rings (SSSR count). The Morgan fingerprint density at radius 3 is 2.71 bits per heavy atom. The average molecular weight is 325 g/mol. The van der Waals surface area contributed by atoms with Gasteiger partial charge in [0, 0.05) is 18.5 Å². The number of hydrogen-bond acceptors (Lipinski definition) is 4. The van der Waals surface area contributed by atoms with Gasteiger partial charge in [0.1, 0.15) is 5.52 Å². The van der Waals surface area contributed by atoms with Gasteiger partial charge in [-0.15, -0.1) is 0 Å². The zero-order valence-electron chi connectivity index (χ0n) is 13.8. The molecule has 4 aliphatic rings. The third-order valence-corrected chi connectivity index (χ3v) is 6.11. The molecule has 1 saturated carbocycles. The van der Waals surface area contributed by atoms with Crippen LogP contribution in [0, 0.1) is 5.92 Å². The highest BCUT2D eigenvalue weighted by atomic mass is 16.3. The van der Waals surface area contributed by atoms with E-state index in [1.54, 1.807) is 0 Å². The van der Waals surface area contributed by atoms with Crippen LogP contribution in [0.5, 0.6) is 0 Å². The summed E-state index contributed by atoms with van der Waals surface area (Å²) in [4.78, 5) is 20.0. The molecule has 2 bridgehead atoms. The lowest BCUT2D eigenvalue weighted by Crippen LogP contribution is -2.57. The van der Waals surface area contributed by atoms with Crippen molar-refractivity contribution < 1.29 is 9.21 Å². The number of fused-ring (bicyclic) bond motifs is 4. The van der Waals surface area contributed by atoms with E-state index in [9.17, 15) is 4.79 Å². The predicted octanol–water partition coefficient (Wildman–Crippen LogP) is 2.92. The molecule has 1 aliphatic carbocycles. The van der Waals surface area contributed by atoms with E-state index >= 15 is 0 Å². The molecule has 4 fully saturated rings. The summed E-state index contributed by atoms with van der Waals surface area (Å²) >= 11 is 0. The summed E-state index contributed by atoms with van der Waals surface area (Å²) in [6, 6.07) is 5.94. The van der Waals surface area contributed by atoms with Crippen LogP contribution in [-0.2, 0) is 0 Å². The molecule has 24 heavy (non-hydrogen) atoms. The van der Waals surface area contributed by atoms with Crippen molar-refractivity contribution in [2.45, 2.75) is 44.1 Å². The molecule has 5 nitrogen and oxygen atoms in total. The number of rotatable bonds is 3. The molecule has 3 saturated heterocycles. The number of nitrogens with one attached hydrogen (secondary N) is 1. The summed E-state index contributed by atoms with van der Waals surface area (Å²) in [5.41, 5.74) is 2.11. The van der Waals surface area contributed by atoms with E-state index in [0.29, 0.717) is 17.4 Å². The fourth-order valence-electron chi connectivity index (χ4n) is 4.35. The number of aromatic nitrogens is 1. The molecule has 1 N–H and O–H groups in total. The second kappa shape index (κ2) is 5.59. The topological polar surface area (TPSA) is 58.4 Å². The maximum Gasteiger partial charge on any atom is 0.253 e. The lowest BCUT2D eigenvalue weighted by atomic mass is 9.84. The highest BCUT2D eigenvalue weighted by molar-refractivity contribution is 6.04. The molecule has 1 aromatic carbocycles. The fourth-order valence-corrected chi connectivity index (χ4v) is 4.35. The molecular formula is C19H23N3O2. The van der Waals surface area contributed by atoms with Crippen LogP contribution in [0.25, 0.3) is 11.1 Å². The number of hydrogen-bond donors (Lipinski definition) is 1. The smallest absolute Gasteiger partial charge is 0.253 e. The second-order valence-electron chi connectivity index (χ2n) is 7.55. The van der Waals surface area contributed by atoms with Crippen LogP contribution in [0.3, 0.4) is 0 Å². The minimum Gasteiger partial charge on any atom is -0.440 e. The normalized spacial score (nSPS) is 29.6. The number of carbonyl (C=O) groups is 1. The van der Waals surface area contributed by atoms with Crippen LogP contribution in [0.4, 0.5) is 0 Å². The number of carbonyl (C=O) groups excluding carboxylic acids is 1. The Kier molecular flexibility index (Phi) is 3.37. The summed E-state index contributed by atoms with van der Waals surface area (Å²) in [7, 11) is 0. The van der Waals surface area contributed by atoms with Gasteiger partial charge in [-0.05, 0) is 56.8 Å². The van der Waals surface area contributed by atoms with Crippen molar-refractivity contribution in [3.63, 3.8) is 0 Å². The molecule has 4 heterocycles. The number of amides is 1. The standard InChI is InChI=1S/C19H23N3O2/c23-18(20-15-11-22-9-7-12(15)8-10-22)14-5-2-6-16-17(14)21-19(24-16)13-3-1-4-13/h2,5-6,12-13,15H,1,3-4,7-11H2,(H,20,23)/t15-/m1/s1. The third-order valence-electron chi connectivity index (χ3n) is 6.11. The van der Waals surface area contributed by atoms with Crippen molar-refractivity contribution in [1.82, 2.24) is 15.2 Å². The van der Waals surface area contributed by atoms with Crippen LogP contribution < -0.4 is 5.32 Å². The summed E-state index contributed by atoms with van der Waals surface area (Å²) in [6.07, 6.45) is 5.94. The maximum atomic E-state index is 12.9. The van der Waals surface area contributed by atoms with Crippen LogP contribution in [-0.4, -0.2) is 41.5 Å². The summed E-state index contributed by atoms with van der Waals surface area (Å²) in [6.45, 7) is 3.35. The lowest BCUT2D eigenvalue weighted by Gasteiger charge is -2.44. The Morgan fingerprint density at radius 1 is 1.21 bits per heavy atom. The van der Waals surface area contributed by atoms with Crippen molar-refractivity contribution in [2.75, 3.05) is 19.6 Å². The van der Waals surface area contributed by atoms with Crippen LogP contribution in [0.2, 0.25) is 0 Å². The number of nitrogens with zero attached hydrogens (tertiary/aromatic N) is 2. The Bertz CT molecular complexity index is 772. The van der Waals surface area contributed by atoms with E-state index in [0.717, 1.165) is 36.4 Å². The quantitative estimate of drug-likeness (QED) is 0.943. The summed E-state index contributed by atoms with van der Waals surface area (Å²) in [5.74, 6) is 1.86. The lowest BCUT2D eigenvalue weighted by molar-refractivity contribution is 0.0621. The monoisotopic (exact) mass is 325 g/mol. The number of piperidine rings is 3. The van der Waals surface area contributed by atoms with Crippen LogP contribution in [0.1, 0.15) is 54.3 Å². The molecule has 126 valence electrons. The molecule has 5 heteroatoms. The van der Waals surface area contributed by atoms with Gasteiger partial charge in [0.2, 0.25) is 0 Å². The summed E-state index contributed by atoms with van der Waals surface area (Å²) < 4.78 is 5.90. The molecule has 1 atom stereocenters. The first-order valence-electron chi connectivity index (χ1n) is 9.20. The number of oxazole rings is 1. The predicted molar refractivity (Wildman–Crippen MR) is 91.0 cm³/mol. The van der Waals surface area contributed by atoms with Gasteiger partial charge >= 0.3 is 0 Å². The van der Waals surface area contributed by atoms with Gasteiger partial charge in [-0.2, -0.15) is 0 Å². The van der Waals surface area contributed by atoms with Gasteiger partial charge in [0.05, 0.1) is 5.56 Å². The van der Waals surface area contributed by atoms with E-state index in [4.69, 9.17) is 4.42 Å². The van der Waals surface area contributed by atoms with Gasteiger partial charge in [0.15, 0.2) is 11.5 Å². The molecule has 2 aromatic rings. The zero-order valence-corrected chi connectivity index (χ0v) is 13.8. The molecule has 3 aliphatic heterocycles. The Balaban J connectivity index is 1.41. The largest absolute Gasteiger partial charge is 0.440 e. The highest BCUT2D eigenvalue weighted by Gasteiger charge is 2.35. The molecule has 0 radical (unpaired) electrons. The minimum atomic E-state index is -0.00666. The van der Waals surface area contributed by atoms with Crippen LogP contribution >= 0.6 is 0 Å². The summed E-state index contributed by atoms with van der Waals surface area (Å²) in [5, 5.41) is 3.26. The van der Waals surface area contributed by atoms with Crippen LogP contribution in [0.15, 0.2) is 22.6 Å². The number of para-hydroxylation sites is 1. The highest BCUT2D eigenvalue weighted by Crippen LogP contribution is 2.37. The minimum absolute atomic E-state index is 0.00666. The van der Waals surface area contributed by atoms with Gasteiger partial charge < -0.3 is 14.6 Å². The Hall–Kier alpha value is -1.88. The maximum absolute atomic E-state index is 12.9. The van der Waals surface area contributed by atoms with Crippen molar-refractivity contribution in [2.24, 2.45) is 5.92 Å². The molecular weight excluding hydrogens is 302 g/mol. The van der Waals surface area contributed by atoms with Crippen molar-refractivity contribution in [3.8, 4) is 0 Å².